The molecular formula is C65H87N9O8S. The van der Waals surface area contributed by atoms with Crippen molar-refractivity contribution in [2.75, 3.05) is 57.4 Å². The molecule has 5 amide bonds. The van der Waals surface area contributed by atoms with Crippen LogP contribution in [0.25, 0.3) is 21.6 Å². The van der Waals surface area contributed by atoms with Crippen LogP contribution < -0.4 is 26.4 Å². The predicted octanol–water partition coefficient (Wildman–Crippen LogP) is 8.52. The number of β-amino-alcohol motifs (C(OH)–C–C–N with tert-alkyl or cyclic N) is 1. The highest BCUT2D eigenvalue weighted by atomic mass is 32.1. The Hall–Kier alpha value is -6.73. The lowest BCUT2D eigenvalue weighted by atomic mass is 9.85. The first-order valence-electron chi connectivity index (χ1n) is 29.9. The van der Waals surface area contributed by atoms with Gasteiger partial charge in [-0.25, -0.2) is 4.98 Å². The minimum atomic E-state index is -0.883. The smallest absolute Gasteiger partial charge is 0.253 e. The summed E-state index contributed by atoms with van der Waals surface area (Å²) in [5.74, 6) is -1.01. The standard InChI is InChI=1S/C65H87N9O8S/c1-9-73(51-25-31-82-32-26-51)55-35-50(34-53(44(55)4)61(78)67-38-54-42(2)33-43(3)69-62(54)79)48-21-19-47(20-22-48)39-71-27-29-72(30-28-71)58(77)16-14-12-10-11-13-15-57(76)70-60(65(6,7)8)64(81)74-40-52(75)36-56(74)63(80)66-37-46-17-23-49(24-18-46)59-45(5)68-41-83-59/h17-24,33-35,41,51-52,56,60,75H,9-16,25-32,36-40H2,1-8H3,(H,66,80)(H,67,78)(H,69,79)(H,70,76). The summed E-state index contributed by atoms with van der Waals surface area (Å²) in [6.07, 6.45) is 5.86. The molecule has 2 aromatic heterocycles. The number of piperazine rings is 1. The summed E-state index contributed by atoms with van der Waals surface area (Å²) in [7, 11) is 0. The van der Waals surface area contributed by atoms with Gasteiger partial charge in [0.2, 0.25) is 23.6 Å². The number of unbranched alkanes of at least 4 members (excludes halogenated alkanes) is 4. The Morgan fingerprint density at radius 3 is 2.13 bits per heavy atom. The number of carbonyl (C=O) groups excluding carboxylic acids is 5. The van der Waals surface area contributed by atoms with Crippen LogP contribution in [0.1, 0.15) is 141 Å². The second kappa shape index (κ2) is 28.7. The summed E-state index contributed by atoms with van der Waals surface area (Å²) in [5.41, 5.74) is 11.7. The van der Waals surface area contributed by atoms with E-state index in [1.807, 2.05) is 95.3 Å². The topological polar surface area (TPSA) is 210 Å². The van der Waals surface area contributed by atoms with Crippen molar-refractivity contribution in [3.63, 3.8) is 0 Å². The van der Waals surface area contributed by atoms with Crippen LogP contribution >= 0.6 is 11.3 Å². The van der Waals surface area contributed by atoms with Gasteiger partial charge in [-0.15, -0.1) is 11.3 Å². The number of anilines is 1. The van der Waals surface area contributed by atoms with Crippen LogP contribution in [-0.4, -0.2) is 136 Å². The lowest BCUT2D eigenvalue weighted by Crippen LogP contribution is -2.57. The van der Waals surface area contributed by atoms with Gasteiger partial charge in [0, 0.05) is 120 Å². The number of aromatic nitrogens is 2. The summed E-state index contributed by atoms with van der Waals surface area (Å²) in [6.45, 7) is 21.8. The zero-order valence-corrected chi connectivity index (χ0v) is 50.9. The maximum atomic E-state index is 14.1. The fourth-order valence-corrected chi connectivity index (χ4v) is 12.7. The molecule has 3 aliphatic rings. The molecule has 5 aromatic rings. The SMILES string of the molecule is CCN(c1cc(-c2ccc(CN3CCN(C(=O)CCCCCCCC(=O)NC(C(=O)N4CC(O)CC4C(=O)NCc4ccc(-c5scnc5C)cc4)C(C)(C)C)CC3)cc2)cc(C(=O)NCc2c(C)cc(C)[nH]c2=O)c1C)C1CCOCC1. The molecule has 83 heavy (non-hydrogen) atoms. The molecule has 0 bridgehead atoms. The number of ether oxygens (including phenoxy) is 1. The maximum Gasteiger partial charge on any atom is 0.253 e. The van der Waals surface area contributed by atoms with E-state index >= 15 is 0 Å². The average Bonchev–Trinajstić information content (AvgIpc) is 4.29. The summed E-state index contributed by atoms with van der Waals surface area (Å²) < 4.78 is 5.71. The third-order valence-electron chi connectivity index (χ3n) is 16.8. The van der Waals surface area contributed by atoms with Crippen molar-refractivity contribution < 1.29 is 33.8 Å². The Bertz CT molecular complexity index is 3100. The molecule has 3 atom stereocenters. The van der Waals surface area contributed by atoms with Gasteiger partial charge in [-0.2, -0.15) is 0 Å². The van der Waals surface area contributed by atoms with E-state index in [-0.39, 0.29) is 67.6 Å². The Morgan fingerprint density at radius 2 is 1.48 bits per heavy atom. The summed E-state index contributed by atoms with van der Waals surface area (Å²) in [5, 5.41) is 19.6. The molecule has 0 spiro atoms. The third-order valence-corrected chi connectivity index (χ3v) is 17.7. The van der Waals surface area contributed by atoms with Gasteiger partial charge in [-0.1, -0.05) is 88.6 Å². The van der Waals surface area contributed by atoms with Gasteiger partial charge in [0.15, 0.2) is 0 Å². The minimum absolute atomic E-state index is 0.0142. The molecule has 0 saturated carbocycles. The van der Waals surface area contributed by atoms with Crippen LogP contribution in [0, 0.1) is 33.1 Å². The van der Waals surface area contributed by atoms with Crippen molar-refractivity contribution in [1.29, 1.82) is 0 Å². The second-order valence-corrected chi connectivity index (χ2v) is 24.8. The van der Waals surface area contributed by atoms with Crippen LogP contribution in [0.5, 0.6) is 0 Å². The number of aliphatic hydroxyl groups excluding tert-OH is 1. The lowest BCUT2D eigenvalue weighted by molar-refractivity contribution is -0.144. The average molecular weight is 1150 g/mol. The van der Waals surface area contributed by atoms with Gasteiger partial charge >= 0.3 is 0 Å². The Labute approximate surface area is 494 Å². The number of aryl methyl sites for hydroxylation is 3. The van der Waals surface area contributed by atoms with E-state index in [1.54, 1.807) is 11.3 Å². The fourth-order valence-electron chi connectivity index (χ4n) is 11.9. The normalized spacial score (nSPS) is 17.3. The molecule has 3 fully saturated rings. The van der Waals surface area contributed by atoms with Crippen molar-refractivity contribution in [3.8, 4) is 21.6 Å². The van der Waals surface area contributed by atoms with Crippen molar-refractivity contribution in [2.24, 2.45) is 5.41 Å². The van der Waals surface area contributed by atoms with Crippen LogP contribution in [-0.2, 0) is 43.5 Å². The summed E-state index contributed by atoms with van der Waals surface area (Å²) in [4.78, 5) is 97.6. The van der Waals surface area contributed by atoms with Crippen molar-refractivity contribution >= 4 is 46.6 Å². The number of benzene rings is 3. The van der Waals surface area contributed by atoms with Crippen molar-refractivity contribution in [3.05, 3.63) is 127 Å². The number of H-pyrrole nitrogens is 1. The minimum Gasteiger partial charge on any atom is -0.391 e. The highest BCUT2D eigenvalue weighted by molar-refractivity contribution is 7.13. The molecule has 3 aromatic carbocycles. The molecule has 3 aliphatic heterocycles. The Balaban J connectivity index is 0.753. The lowest BCUT2D eigenvalue weighted by Gasteiger charge is -2.37. The zero-order valence-electron chi connectivity index (χ0n) is 50.0. The molecular weight excluding hydrogens is 1070 g/mol. The van der Waals surface area contributed by atoms with Gasteiger partial charge < -0.3 is 45.5 Å². The zero-order chi connectivity index (χ0) is 59.4. The maximum absolute atomic E-state index is 14.1. The number of hydrogen-bond donors (Lipinski definition) is 5. The molecule has 17 nitrogen and oxygen atoms in total. The van der Waals surface area contributed by atoms with E-state index in [0.29, 0.717) is 56.3 Å². The molecule has 5 N–H and O–H groups in total. The number of carbonyl (C=O) groups is 5. The number of amides is 5. The largest absolute Gasteiger partial charge is 0.391 e. The molecule has 3 unspecified atom stereocenters. The Kier molecular flexibility index (Phi) is 21.6. The monoisotopic (exact) mass is 1150 g/mol. The summed E-state index contributed by atoms with van der Waals surface area (Å²) >= 11 is 1.58. The highest BCUT2D eigenvalue weighted by Gasteiger charge is 2.44. The number of aromatic amines is 1. The van der Waals surface area contributed by atoms with E-state index in [4.69, 9.17) is 4.74 Å². The first-order valence-corrected chi connectivity index (χ1v) is 30.8. The van der Waals surface area contributed by atoms with Crippen LogP contribution in [0.3, 0.4) is 0 Å². The number of nitrogens with zero attached hydrogens (tertiary/aromatic N) is 5. The molecule has 3 saturated heterocycles. The van der Waals surface area contributed by atoms with E-state index in [2.05, 4.69) is 73.0 Å². The number of likely N-dealkylation sites (tertiary alicyclic amines) is 1. The number of aliphatic hydroxyl groups is 1. The first kappa shape index (κ1) is 62.3. The molecule has 446 valence electrons. The van der Waals surface area contributed by atoms with Crippen LogP contribution in [0.15, 0.2) is 77.0 Å². The first-order chi connectivity index (χ1) is 39.8. The quantitative estimate of drug-likeness (QED) is 0.0392. The fraction of sp³-hybridized carbons (Fsp3) is 0.523. The van der Waals surface area contributed by atoms with Gasteiger partial charge in [0.05, 0.1) is 22.2 Å². The van der Waals surface area contributed by atoms with E-state index in [1.165, 1.54) is 10.5 Å². The number of thiazole rings is 1. The molecule has 5 heterocycles. The van der Waals surface area contributed by atoms with Gasteiger partial charge in [-0.3, -0.25) is 33.7 Å². The number of nitrogens with one attached hydrogen (secondary N) is 4. The molecule has 0 aliphatic carbocycles. The third kappa shape index (κ3) is 16.3. The number of hydrogen-bond acceptors (Lipinski definition) is 12. The molecule has 8 rings (SSSR count). The Morgan fingerprint density at radius 1 is 0.819 bits per heavy atom. The molecule has 18 heteroatoms. The van der Waals surface area contributed by atoms with Gasteiger partial charge in [0.25, 0.3) is 11.5 Å². The van der Waals surface area contributed by atoms with Gasteiger partial charge in [0.1, 0.15) is 12.1 Å². The van der Waals surface area contributed by atoms with Crippen LogP contribution in [0.4, 0.5) is 5.69 Å². The van der Waals surface area contributed by atoms with Crippen LogP contribution in [0.2, 0.25) is 0 Å². The summed E-state index contributed by atoms with van der Waals surface area (Å²) in [6, 6.07) is 21.1. The van der Waals surface area contributed by atoms with E-state index in [0.717, 1.165) is 120 Å². The van der Waals surface area contributed by atoms with Crippen molar-refractivity contribution in [1.82, 2.24) is 40.6 Å². The highest BCUT2D eigenvalue weighted by Crippen LogP contribution is 2.35. The van der Waals surface area contributed by atoms with E-state index in [9.17, 15) is 33.9 Å². The number of rotatable bonds is 23. The second-order valence-electron chi connectivity index (χ2n) is 24.0. The van der Waals surface area contributed by atoms with Gasteiger partial charge in [-0.05, 0) is 123 Å². The predicted molar refractivity (Wildman–Crippen MR) is 327 cm³/mol. The number of pyridine rings is 1. The van der Waals surface area contributed by atoms with Crippen molar-refractivity contribution in [2.45, 2.75) is 163 Å². The molecule has 0 radical (unpaired) electrons. The van der Waals surface area contributed by atoms with E-state index < -0.39 is 23.6 Å².